The van der Waals surface area contributed by atoms with Gasteiger partial charge in [0.2, 0.25) is 0 Å². The molecule has 2 aliphatic heterocycles. The topological polar surface area (TPSA) is 41.6 Å². The van der Waals surface area contributed by atoms with Crippen molar-refractivity contribution in [3.8, 4) is 0 Å². The summed E-state index contributed by atoms with van der Waals surface area (Å²) in [5.41, 5.74) is 0. The summed E-state index contributed by atoms with van der Waals surface area (Å²) in [6, 6.07) is 0. The zero-order valence-electron chi connectivity index (χ0n) is 7.83. The zero-order chi connectivity index (χ0) is 9.15. The molecule has 2 aliphatic rings. The van der Waals surface area contributed by atoms with Gasteiger partial charge in [-0.3, -0.25) is 0 Å². The van der Waals surface area contributed by atoms with Gasteiger partial charge in [-0.25, -0.2) is 4.84 Å². The standard InChI is InChI=1S/C9H16NO3/c11-9(5-4-8-12-9)13-10-6-2-1-3-7-10/h1-8H2. The van der Waals surface area contributed by atoms with Crippen LogP contribution in [0.2, 0.25) is 0 Å². The van der Waals surface area contributed by atoms with Gasteiger partial charge in [0.15, 0.2) is 0 Å². The molecule has 4 nitrogen and oxygen atoms in total. The lowest BCUT2D eigenvalue weighted by atomic mass is 10.2. The van der Waals surface area contributed by atoms with Crippen molar-refractivity contribution >= 4 is 0 Å². The van der Waals surface area contributed by atoms with Crippen LogP contribution < -0.4 is 0 Å². The number of hydrogen-bond acceptors (Lipinski definition) is 3. The molecule has 13 heavy (non-hydrogen) atoms. The van der Waals surface area contributed by atoms with Crippen molar-refractivity contribution in [1.29, 1.82) is 0 Å². The van der Waals surface area contributed by atoms with E-state index in [0.29, 0.717) is 13.0 Å². The van der Waals surface area contributed by atoms with Crippen molar-refractivity contribution < 1.29 is 14.7 Å². The van der Waals surface area contributed by atoms with Crippen molar-refractivity contribution in [1.82, 2.24) is 5.06 Å². The van der Waals surface area contributed by atoms with Gasteiger partial charge in [0.05, 0.1) is 6.61 Å². The highest BCUT2D eigenvalue weighted by atomic mass is 16.9. The molecule has 0 amide bonds. The van der Waals surface area contributed by atoms with Crippen molar-refractivity contribution in [3.63, 3.8) is 0 Å². The van der Waals surface area contributed by atoms with E-state index >= 15 is 0 Å². The molecule has 0 aliphatic carbocycles. The van der Waals surface area contributed by atoms with Crippen LogP contribution in [0.1, 0.15) is 32.1 Å². The maximum absolute atomic E-state index is 11.7. The molecular weight excluding hydrogens is 170 g/mol. The molecule has 0 N–H and O–H groups in total. The summed E-state index contributed by atoms with van der Waals surface area (Å²) in [6.45, 7) is 2.28. The Morgan fingerprint density at radius 1 is 1.15 bits per heavy atom. The molecule has 2 saturated heterocycles. The van der Waals surface area contributed by atoms with Crippen LogP contribution in [0.5, 0.6) is 0 Å². The Hall–Kier alpha value is -0.160. The van der Waals surface area contributed by atoms with E-state index in [0.717, 1.165) is 32.4 Å². The quantitative estimate of drug-likeness (QED) is 0.610. The van der Waals surface area contributed by atoms with Gasteiger partial charge in [-0.2, -0.15) is 10.2 Å². The van der Waals surface area contributed by atoms with Crippen LogP contribution in [0.3, 0.4) is 0 Å². The Labute approximate surface area is 78.4 Å². The van der Waals surface area contributed by atoms with E-state index in [9.17, 15) is 5.11 Å². The maximum atomic E-state index is 11.7. The second-order valence-electron chi connectivity index (χ2n) is 3.72. The third-order valence-corrected chi connectivity index (χ3v) is 2.53. The summed E-state index contributed by atoms with van der Waals surface area (Å²) < 4.78 is 5.02. The molecule has 75 valence electrons. The Kier molecular flexibility index (Phi) is 2.83. The normalized spacial score (nSPS) is 36.7. The second kappa shape index (κ2) is 3.92. The molecule has 2 rings (SSSR count). The first-order chi connectivity index (χ1) is 6.29. The van der Waals surface area contributed by atoms with Gasteiger partial charge >= 0.3 is 5.97 Å². The molecule has 1 radical (unpaired) electrons. The first-order valence-corrected chi connectivity index (χ1v) is 5.07. The summed E-state index contributed by atoms with van der Waals surface area (Å²) in [5, 5.41) is 13.4. The van der Waals surface area contributed by atoms with E-state index in [4.69, 9.17) is 9.57 Å². The third kappa shape index (κ3) is 2.40. The number of piperidine rings is 1. The highest BCUT2D eigenvalue weighted by Gasteiger charge is 2.38. The smallest absolute Gasteiger partial charge is 0.325 e. The van der Waals surface area contributed by atoms with Crippen molar-refractivity contribution in [3.05, 3.63) is 0 Å². The van der Waals surface area contributed by atoms with Crippen LogP contribution in [0.4, 0.5) is 0 Å². The summed E-state index contributed by atoms with van der Waals surface area (Å²) in [4.78, 5) is 5.30. The second-order valence-corrected chi connectivity index (χ2v) is 3.72. The largest absolute Gasteiger partial charge is 0.328 e. The van der Waals surface area contributed by atoms with E-state index in [-0.39, 0.29) is 0 Å². The van der Waals surface area contributed by atoms with Gasteiger partial charge in [-0.1, -0.05) is 6.42 Å². The number of nitrogens with zero attached hydrogens (tertiary/aromatic N) is 1. The maximum Gasteiger partial charge on any atom is 0.328 e. The SMILES string of the molecule is [O]C1(ON2CCCCC2)CCCO1. The predicted molar refractivity (Wildman–Crippen MR) is 45.1 cm³/mol. The predicted octanol–water partition coefficient (Wildman–Crippen LogP) is 1.30. The van der Waals surface area contributed by atoms with Crippen LogP contribution in [0.15, 0.2) is 0 Å². The van der Waals surface area contributed by atoms with Crippen LogP contribution in [-0.2, 0) is 14.7 Å². The Morgan fingerprint density at radius 3 is 2.54 bits per heavy atom. The number of hydrogen-bond donors (Lipinski definition) is 0. The minimum absolute atomic E-state index is 0.476. The molecule has 0 aromatic heterocycles. The summed E-state index contributed by atoms with van der Waals surface area (Å²) >= 11 is 0. The minimum atomic E-state index is -1.57. The monoisotopic (exact) mass is 186 g/mol. The van der Waals surface area contributed by atoms with E-state index in [2.05, 4.69) is 0 Å². The first kappa shape index (κ1) is 9.40. The number of ether oxygens (including phenoxy) is 1. The molecule has 0 aromatic carbocycles. The van der Waals surface area contributed by atoms with Gasteiger partial charge < -0.3 is 4.74 Å². The van der Waals surface area contributed by atoms with E-state index < -0.39 is 5.97 Å². The van der Waals surface area contributed by atoms with Gasteiger partial charge in [0.1, 0.15) is 0 Å². The van der Waals surface area contributed by atoms with Gasteiger partial charge in [-0.05, 0) is 19.3 Å². The molecule has 0 bridgehead atoms. The van der Waals surface area contributed by atoms with Gasteiger partial charge in [0.25, 0.3) is 0 Å². The highest BCUT2D eigenvalue weighted by molar-refractivity contribution is 4.63. The number of rotatable bonds is 2. The van der Waals surface area contributed by atoms with Crippen LogP contribution in [0, 0.1) is 0 Å². The van der Waals surface area contributed by atoms with Crippen LogP contribution >= 0.6 is 0 Å². The lowest BCUT2D eigenvalue weighted by molar-refractivity contribution is -0.443. The highest BCUT2D eigenvalue weighted by Crippen LogP contribution is 2.26. The van der Waals surface area contributed by atoms with Crippen molar-refractivity contribution in [2.45, 2.75) is 38.1 Å². The zero-order valence-corrected chi connectivity index (χ0v) is 7.83. The molecule has 4 heteroatoms. The summed E-state index contributed by atoms with van der Waals surface area (Å²) in [7, 11) is 0. The van der Waals surface area contributed by atoms with Crippen molar-refractivity contribution in [2.24, 2.45) is 0 Å². The Balaban J connectivity index is 1.81. The third-order valence-electron chi connectivity index (χ3n) is 2.53. The van der Waals surface area contributed by atoms with Crippen LogP contribution in [-0.4, -0.2) is 30.7 Å². The Morgan fingerprint density at radius 2 is 1.92 bits per heavy atom. The fraction of sp³-hybridized carbons (Fsp3) is 1.00. The van der Waals surface area contributed by atoms with Gasteiger partial charge in [0, 0.05) is 19.5 Å². The van der Waals surface area contributed by atoms with E-state index in [1.165, 1.54) is 6.42 Å². The fourth-order valence-corrected chi connectivity index (χ4v) is 1.81. The van der Waals surface area contributed by atoms with Gasteiger partial charge in [-0.15, -0.1) is 0 Å². The lowest BCUT2D eigenvalue weighted by Crippen LogP contribution is -2.41. The molecule has 0 saturated carbocycles. The molecule has 0 aromatic rings. The molecule has 0 spiro atoms. The molecule has 1 unspecified atom stereocenters. The minimum Gasteiger partial charge on any atom is -0.325 e. The average Bonchev–Trinajstić information content (AvgIpc) is 2.54. The Bertz CT molecular complexity index is 162. The van der Waals surface area contributed by atoms with E-state index in [1.807, 2.05) is 0 Å². The number of hydroxylamine groups is 2. The first-order valence-electron chi connectivity index (χ1n) is 5.07. The average molecular weight is 186 g/mol. The molecule has 2 fully saturated rings. The van der Waals surface area contributed by atoms with Crippen molar-refractivity contribution in [2.75, 3.05) is 19.7 Å². The molecular formula is C9H16NO3. The lowest BCUT2D eigenvalue weighted by Gasteiger charge is -2.30. The molecule has 1 atom stereocenters. The van der Waals surface area contributed by atoms with Crippen LogP contribution in [0.25, 0.3) is 0 Å². The summed E-state index contributed by atoms with van der Waals surface area (Å²) in [5.74, 6) is -1.57. The van der Waals surface area contributed by atoms with E-state index in [1.54, 1.807) is 5.06 Å². The molecule has 2 heterocycles. The fourth-order valence-electron chi connectivity index (χ4n) is 1.81. The summed E-state index contributed by atoms with van der Waals surface area (Å²) in [6.07, 6.45) is 4.78.